The summed E-state index contributed by atoms with van der Waals surface area (Å²) in [5, 5.41) is 2.96. The molecule has 0 aromatic heterocycles. The van der Waals surface area contributed by atoms with Gasteiger partial charge in [-0.25, -0.2) is 0 Å². The van der Waals surface area contributed by atoms with Crippen molar-refractivity contribution in [3.63, 3.8) is 0 Å². The lowest BCUT2D eigenvalue weighted by atomic mass is 9.90. The molecule has 2 aromatic rings. The Kier molecular flexibility index (Phi) is 4.28. The van der Waals surface area contributed by atoms with E-state index in [1.54, 1.807) is 12.1 Å². The molecule has 2 aromatic carbocycles. The van der Waals surface area contributed by atoms with Crippen molar-refractivity contribution in [3.8, 4) is 5.75 Å². The van der Waals surface area contributed by atoms with Crippen molar-refractivity contribution in [2.45, 2.75) is 25.7 Å². The van der Waals surface area contributed by atoms with E-state index in [1.165, 1.54) is 24.0 Å². The van der Waals surface area contributed by atoms with Crippen LogP contribution in [-0.4, -0.2) is 12.5 Å². The van der Waals surface area contributed by atoms with E-state index in [-0.39, 0.29) is 12.5 Å². The van der Waals surface area contributed by atoms with Gasteiger partial charge in [-0.3, -0.25) is 4.79 Å². The molecular formula is C18H20N2O2. The number of carbonyl (C=O) groups is 1. The molecule has 0 saturated carbocycles. The van der Waals surface area contributed by atoms with Crippen molar-refractivity contribution < 1.29 is 9.53 Å². The molecule has 0 aliphatic heterocycles. The molecule has 0 fully saturated rings. The number of rotatable bonds is 4. The Morgan fingerprint density at radius 1 is 1.09 bits per heavy atom. The van der Waals surface area contributed by atoms with E-state index >= 15 is 0 Å². The number of nitrogen functional groups attached to an aromatic ring is 1. The zero-order chi connectivity index (χ0) is 15.4. The smallest absolute Gasteiger partial charge is 0.262 e. The third-order valence-electron chi connectivity index (χ3n) is 3.95. The first-order valence-corrected chi connectivity index (χ1v) is 7.62. The molecule has 1 aliphatic carbocycles. The number of hydrogen-bond donors (Lipinski definition) is 2. The van der Waals surface area contributed by atoms with Gasteiger partial charge in [0.25, 0.3) is 5.91 Å². The molecule has 0 spiro atoms. The molecule has 3 N–H and O–H groups in total. The molecular weight excluding hydrogens is 276 g/mol. The minimum atomic E-state index is -0.165. The molecule has 0 atom stereocenters. The summed E-state index contributed by atoms with van der Waals surface area (Å²) in [6.45, 7) is -0.0438. The number of benzene rings is 2. The van der Waals surface area contributed by atoms with Crippen LogP contribution in [0.4, 0.5) is 11.4 Å². The SMILES string of the molecule is Nc1ccccc1OCC(=O)Nc1cccc2c1CCCC2. The number of ether oxygens (including phenoxy) is 1. The second-order valence-corrected chi connectivity index (χ2v) is 5.53. The fraction of sp³-hybridized carbons (Fsp3) is 0.278. The predicted octanol–water partition coefficient (Wildman–Crippen LogP) is 3.17. The molecule has 0 saturated heterocycles. The van der Waals surface area contributed by atoms with Crippen LogP contribution in [0, 0.1) is 0 Å². The molecule has 1 aliphatic rings. The Balaban J connectivity index is 1.64. The Labute approximate surface area is 130 Å². The van der Waals surface area contributed by atoms with Crippen molar-refractivity contribution in [1.29, 1.82) is 0 Å². The summed E-state index contributed by atoms with van der Waals surface area (Å²) in [5.41, 5.74) is 9.85. The van der Waals surface area contributed by atoms with Gasteiger partial charge in [0.05, 0.1) is 5.69 Å². The second kappa shape index (κ2) is 6.52. The average molecular weight is 296 g/mol. The predicted molar refractivity (Wildman–Crippen MR) is 88.1 cm³/mol. The van der Waals surface area contributed by atoms with E-state index in [1.807, 2.05) is 24.3 Å². The van der Waals surface area contributed by atoms with Crippen molar-refractivity contribution in [1.82, 2.24) is 0 Å². The molecule has 1 amide bonds. The highest BCUT2D eigenvalue weighted by Gasteiger charge is 2.14. The van der Waals surface area contributed by atoms with Crippen LogP contribution < -0.4 is 15.8 Å². The van der Waals surface area contributed by atoms with Gasteiger partial charge in [-0.05, 0) is 55.0 Å². The second-order valence-electron chi connectivity index (χ2n) is 5.53. The summed E-state index contributed by atoms with van der Waals surface area (Å²) in [7, 11) is 0. The quantitative estimate of drug-likeness (QED) is 0.852. The van der Waals surface area contributed by atoms with Gasteiger partial charge in [-0.1, -0.05) is 24.3 Å². The minimum Gasteiger partial charge on any atom is -0.482 e. The third-order valence-corrected chi connectivity index (χ3v) is 3.95. The van der Waals surface area contributed by atoms with Gasteiger partial charge < -0.3 is 15.8 Å². The number of nitrogens with two attached hydrogens (primary N) is 1. The summed E-state index contributed by atoms with van der Waals surface area (Å²) < 4.78 is 5.48. The number of para-hydroxylation sites is 2. The van der Waals surface area contributed by atoms with E-state index in [4.69, 9.17) is 10.5 Å². The Morgan fingerprint density at radius 2 is 1.91 bits per heavy atom. The Bertz CT molecular complexity index is 683. The van der Waals surface area contributed by atoms with Crippen molar-refractivity contribution in [2.24, 2.45) is 0 Å². The molecule has 22 heavy (non-hydrogen) atoms. The van der Waals surface area contributed by atoms with Gasteiger partial charge in [0.2, 0.25) is 0 Å². The normalized spacial score (nSPS) is 13.3. The van der Waals surface area contributed by atoms with Gasteiger partial charge in [-0.2, -0.15) is 0 Å². The van der Waals surface area contributed by atoms with E-state index in [2.05, 4.69) is 11.4 Å². The Hall–Kier alpha value is -2.49. The van der Waals surface area contributed by atoms with E-state index in [0.717, 1.165) is 18.5 Å². The summed E-state index contributed by atoms with van der Waals surface area (Å²) in [6, 6.07) is 13.3. The standard InChI is InChI=1S/C18H20N2O2/c19-15-9-3-4-11-17(15)22-12-18(21)20-16-10-5-7-13-6-1-2-8-14(13)16/h3-5,7,9-11H,1-2,6,8,12,19H2,(H,20,21). The highest BCUT2D eigenvalue weighted by atomic mass is 16.5. The highest BCUT2D eigenvalue weighted by Crippen LogP contribution is 2.28. The number of nitrogens with one attached hydrogen (secondary N) is 1. The number of anilines is 2. The molecule has 114 valence electrons. The van der Waals surface area contributed by atoms with Crippen LogP contribution in [0.15, 0.2) is 42.5 Å². The lowest BCUT2D eigenvalue weighted by Gasteiger charge is -2.19. The first kappa shape index (κ1) is 14.4. The zero-order valence-electron chi connectivity index (χ0n) is 12.5. The lowest BCUT2D eigenvalue weighted by molar-refractivity contribution is -0.118. The zero-order valence-corrected chi connectivity index (χ0v) is 12.5. The fourth-order valence-electron chi connectivity index (χ4n) is 2.84. The van der Waals surface area contributed by atoms with Crippen LogP contribution in [-0.2, 0) is 17.6 Å². The molecule has 4 heteroatoms. The average Bonchev–Trinajstić information content (AvgIpc) is 2.54. The van der Waals surface area contributed by atoms with Crippen molar-refractivity contribution in [3.05, 3.63) is 53.6 Å². The van der Waals surface area contributed by atoms with Crippen LogP contribution in [0.5, 0.6) is 5.75 Å². The Morgan fingerprint density at radius 3 is 2.77 bits per heavy atom. The largest absolute Gasteiger partial charge is 0.482 e. The van der Waals surface area contributed by atoms with Gasteiger partial charge in [-0.15, -0.1) is 0 Å². The maximum atomic E-state index is 12.1. The number of fused-ring (bicyclic) bond motifs is 1. The number of carbonyl (C=O) groups excluding carboxylic acids is 1. The monoisotopic (exact) mass is 296 g/mol. The summed E-state index contributed by atoms with van der Waals surface area (Å²) in [6.07, 6.45) is 4.52. The third kappa shape index (κ3) is 3.22. The van der Waals surface area contributed by atoms with Crippen LogP contribution in [0.1, 0.15) is 24.0 Å². The molecule has 4 nitrogen and oxygen atoms in total. The first-order chi connectivity index (χ1) is 10.7. The molecule has 3 rings (SSSR count). The van der Waals surface area contributed by atoms with Crippen molar-refractivity contribution in [2.75, 3.05) is 17.7 Å². The summed E-state index contributed by atoms with van der Waals surface area (Å²) >= 11 is 0. The highest BCUT2D eigenvalue weighted by molar-refractivity contribution is 5.93. The first-order valence-electron chi connectivity index (χ1n) is 7.62. The number of hydrogen-bond acceptors (Lipinski definition) is 3. The van der Waals surface area contributed by atoms with Crippen molar-refractivity contribution >= 4 is 17.3 Å². The maximum absolute atomic E-state index is 12.1. The van der Waals surface area contributed by atoms with Gasteiger partial charge in [0.15, 0.2) is 6.61 Å². The van der Waals surface area contributed by atoms with Gasteiger partial charge in [0.1, 0.15) is 5.75 Å². The lowest BCUT2D eigenvalue weighted by Crippen LogP contribution is -2.22. The summed E-state index contributed by atoms with van der Waals surface area (Å²) in [5.74, 6) is 0.370. The number of aryl methyl sites for hydroxylation is 1. The summed E-state index contributed by atoms with van der Waals surface area (Å²) in [4.78, 5) is 12.1. The fourth-order valence-corrected chi connectivity index (χ4v) is 2.84. The maximum Gasteiger partial charge on any atom is 0.262 e. The van der Waals surface area contributed by atoms with Gasteiger partial charge in [0, 0.05) is 5.69 Å². The molecule has 0 unspecified atom stereocenters. The van der Waals surface area contributed by atoms with Gasteiger partial charge >= 0.3 is 0 Å². The van der Waals surface area contributed by atoms with Crippen LogP contribution in [0.25, 0.3) is 0 Å². The van der Waals surface area contributed by atoms with Crippen LogP contribution in [0.3, 0.4) is 0 Å². The number of amides is 1. The molecule has 0 bridgehead atoms. The van der Waals surface area contributed by atoms with E-state index < -0.39 is 0 Å². The van der Waals surface area contributed by atoms with Crippen LogP contribution in [0.2, 0.25) is 0 Å². The topological polar surface area (TPSA) is 64.3 Å². The minimum absolute atomic E-state index is 0.0438. The van der Waals surface area contributed by atoms with E-state index in [0.29, 0.717) is 11.4 Å². The molecule has 0 heterocycles. The molecule has 0 radical (unpaired) electrons. The van der Waals surface area contributed by atoms with Crippen LogP contribution >= 0.6 is 0 Å². The van der Waals surface area contributed by atoms with E-state index in [9.17, 15) is 4.79 Å².